The van der Waals surface area contributed by atoms with Crippen LogP contribution in [0.25, 0.3) is 0 Å². The van der Waals surface area contributed by atoms with E-state index in [0.29, 0.717) is 17.9 Å². The second-order valence-electron chi connectivity index (χ2n) is 4.21. The van der Waals surface area contributed by atoms with Gasteiger partial charge in [0.05, 0.1) is 4.90 Å². The lowest BCUT2D eigenvalue weighted by atomic mass is 10.2. The molecule has 0 amide bonds. The summed E-state index contributed by atoms with van der Waals surface area (Å²) >= 11 is 0. The summed E-state index contributed by atoms with van der Waals surface area (Å²) in [5, 5.41) is 12.0. The first-order valence-electron chi connectivity index (χ1n) is 5.56. The van der Waals surface area contributed by atoms with Crippen LogP contribution in [0.5, 0.6) is 0 Å². The van der Waals surface area contributed by atoms with Crippen LogP contribution < -0.4 is 5.32 Å². The Morgan fingerprint density at radius 2 is 1.88 bits per heavy atom. The molecule has 2 N–H and O–H groups in total. The second-order valence-corrected chi connectivity index (χ2v) is 6.23. The average Bonchev–Trinajstić information content (AvgIpc) is 2.26. The zero-order chi connectivity index (χ0) is 12.9. The van der Waals surface area contributed by atoms with Gasteiger partial charge >= 0.3 is 0 Å². The summed E-state index contributed by atoms with van der Waals surface area (Å²) in [7, 11) is -3.11. The fraction of sp³-hybridized carbons (Fsp3) is 0.500. The Balaban J connectivity index is 2.57. The molecule has 0 spiro atoms. The van der Waals surface area contributed by atoms with Gasteiger partial charge in [0.15, 0.2) is 9.84 Å². The van der Waals surface area contributed by atoms with Crippen LogP contribution in [0.2, 0.25) is 0 Å². The fourth-order valence-electron chi connectivity index (χ4n) is 1.44. The Morgan fingerprint density at radius 3 is 2.35 bits per heavy atom. The highest BCUT2D eigenvalue weighted by molar-refractivity contribution is 7.90. The van der Waals surface area contributed by atoms with E-state index in [-0.39, 0.29) is 12.6 Å². The molecule has 0 aromatic heterocycles. The third-order valence-electron chi connectivity index (χ3n) is 2.57. The van der Waals surface area contributed by atoms with Gasteiger partial charge in [0.1, 0.15) is 0 Å². The molecule has 5 heteroatoms. The predicted molar refractivity (Wildman–Crippen MR) is 67.6 cm³/mol. The summed E-state index contributed by atoms with van der Waals surface area (Å²) in [6.07, 6.45) is 1.91. The largest absolute Gasteiger partial charge is 0.396 e. The van der Waals surface area contributed by atoms with E-state index in [4.69, 9.17) is 5.11 Å². The van der Waals surface area contributed by atoms with E-state index in [1.165, 1.54) is 6.26 Å². The van der Waals surface area contributed by atoms with Gasteiger partial charge in [-0.15, -0.1) is 0 Å². The predicted octanol–water partition coefficient (Wildman–Crippen LogP) is 0.951. The molecule has 96 valence electrons. The monoisotopic (exact) mass is 257 g/mol. The van der Waals surface area contributed by atoms with Gasteiger partial charge < -0.3 is 10.4 Å². The normalized spacial score (nSPS) is 13.6. The maximum atomic E-state index is 11.3. The number of nitrogens with one attached hydrogen (secondary N) is 1. The van der Waals surface area contributed by atoms with Crippen LogP contribution in [0.3, 0.4) is 0 Å². The molecule has 0 radical (unpaired) electrons. The Hall–Kier alpha value is -0.910. The molecule has 0 aliphatic carbocycles. The molecule has 0 aliphatic heterocycles. The number of hydrogen-bond donors (Lipinski definition) is 2. The van der Waals surface area contributed by atoms with E-state index in [0.717, 1.165) is 5.56 Å². The number of aliphatic hydroxyl groups excluding tert-OH is 1. The van der Waals surface area contributed by atoms with Crippen LogP contribution in [-0.2, 0) is 16.4 Å². The lowest BCUT2D eigenvalue weighted by molar-refractivity contribution is 0.268. The topological polar surface area (TPSA) is 66.4 Å². The highest BCUT2D eigenvalue weighted by atomic mass is 32.2. The van der Waals surface area contributed by atoms with E-state index in [1.807, 2.05) is 6.92 Å². The van der Waals surface area contributed by atoms with Gasteiger partial charge in [-0.05, 0) is 31.0 Å². The molecule has 1 aromatic carbocycles. The standard InChI is InChI=1S/C12H19NO3S/c1-10(7-8-14)13-9-11-3-5-12(6-4-11)17(2,15)16/h3-6,10,13-14H,7-9H2,1-2H3. The van der Waals surface area contributed by atoms with Crippen molar-refractivity contribution in [1.29, 1.82) is 0 Å². The lowest BCUT2D eigenvalue weighted by Gasteiger charge is -2.12. The minimum atomic E-state index is -3.11. The molecular weight excluding hydrogens is 238 g/mol. The number of hydrogen-bond acceptors (Lipinski definition) is 4. The summed E-state index contributed by atoms with van der Waals surface area (Å²) in [5.41, 5.74) is 1.03. The molecule has 1 unspecified atom stereocenters. The molecule has 0 aliphatic rings. The highest BCUT2D eigenvalue weighted by Gasteiger charge is 2.06. The van der Waals surface area contributed by atoms with Crippen LogP contribution in [0.4, 0.5) is 0 Å². The van der Waals surface area contributed by atoms with Crippen molar-refractivity contribution in [2.45, 2.75) is 30.8 Å². The maximum Gasteiger partial charge on any atom is 0.175 e. The van der Waals surface area contributed by atoms with Gasteiger partial charge in [-0.25, -0.2) is 8.42 Å². The zero-order valence-electron chi connectivity index (χ0n) is 10.2. The van der Waals surface area contributed by atoms with Crippen LogP contribution in [0.15, 0.2) is 29.2 Å². The molecular formula is C12H19NO3S. The first kappa shape index (κ1) is 14.2. The van der Waals surface area contributed by atoms with Gasteiger partial charge in [-0.3, -0.25) is 0 Å². The van der Waals surface area contributed by atoms with E-state index < -0.39 is 9.84 Å². The molecule has 0 saturated carbocycles. The summed E-state index contributed by atoms with van der Waals surface area (Å²) < 4.78 is 22.5. The van der Waals surface area contributed by atoms with Gasteiger partial charge in [-0.1, -0.05) is 12.1 Å². The van der Waals surface area contributed by atoms with Gasteiger partial charge in [-0.2, -0.15) is 0 Å². The maximum absolute atomic E-state index is 11.3. The number of sulfone groups is 1. The average molecular weight is 257 g/mol. The van der Waals surface area contributed by atoms with Crippen LogP contribution >= 0.6 is 0 Å². The zero-order valence-corrected chi connectivity index (χ0v) is 11.0. The quantitative estimate of drug-likeness (QED) is 0.796. The van der Waals surface area contributed by atoms with Crippen molar-refractivity contribution in [3.05, 3.63) is 29.8 Å². The Bertz CT molecular complexity index is 439. The van der Waals surface area contributed by atoms with Crippen molar-refractivity contribution in [1.82, 2.24) is 5.32 Å². The van der Waals surface area contributed by atoms with Crippen molar-refractivity contribution in [3.8, 4) is 0 Å². The van der Waals surface area contributed by atoms with Crippen molar-refractivity contribution in [3.63, 3.8) is 0 Å². The van der Waals surface area contributed by atoms with Gasteiger partial charge in [0.2, 0.25) is 0 Å². The molecule has 0 bridgehead atoms. The van der Waals surface area contributed by atoms with Gasteiger partial charge in [0.25, 0.3) is 0 Å². The first-order chi connectivity index (χ1) is 7.93. The highest BCUT2D eigenvalue weighted by Crippen LogP contribution is 2.10. The molecule has 1 atom stereocenters. The van der Waals surface area contributed by atoms with Gasteiger partial charge in [0, 0.05) is 25.4 Å². The SMILES string of the molecule is CC(CCO)NCc1ccc(S(C)(=O)=O)cc1. The molecule has 0 fully saturated rings. The number of benzene rings is 1. The van der Waals surface area contributed by atoms with Crippen LogP contribution in [-0.4, -0.2) is 32.4 Å². The minimum Gasteiger partial charge on any atom is -0.396 e. The van der Waals surface area contributed by atoms with Crippen molar-refractivity contribution in [2.24, 2.45) is 0 Å². The van der Waals surface area contributed by atoms with E-state index >= 15 is 0 Å². The fourth-order valence-corrected chi connectivity index (χ4v) is 2.07. The summed E-state index contributed by atoms with van der Waals surface area (Å²) in [6.45, 7) is 2.84. The third kappa shape index (κ3) is 4.85. The van der Waals surface area contributed by atoms with Crippen LogP contribution in [0.1, 0.15) is 18.9 Å². The Morgan fingerprint density at radius 1 is 1.29 bits per heavy atom. The van der Waals surface area contributed by atoms with Crippen molar-refractivity contribution < 1.29 is 13.5 Å². The van der Waals surface area contributed by atoms with E-state index in [9.17, 15) is 8.42 Å². The number of rotatable bonds is 6. The third-order valence-corrected chi connectivity index (χ3v) is 3.70. The summed E-state index contributed by atoms with van der Waals surface area (Å²) in [5.74, 6) is 0. The summed E-state index contributed by atoms with van der Waals surface area (Å²) in [6, 6.07) is 7.07. The smallest absolute Gasteiger partial charge is 0.175 e. The van der Waals surface area contributed by atoms with Crippen molar-refractivity contribution >= 4 is 9.84 Å². The Labute approximate surface area is 103 Å². The number of aliphatic hydroxyl groups is 1. The Kier molecular flexibility index (Phi) is 5.11. The molecule has 17 heavy (non-hydrogen) atoms. The van der Waals surface area contributed by atoms with E-state index in [1.54, 1.807) is 24.3 Å². The molecule has 4 nitrogen and oxygen atoms in total. The second kappa shape index (κ2) is 6.14. The molecule has 1 rings (SSSR count). The van der Waals surface area contributed by atoms with E-state index in [2.05, 4.69) is 5.32 Å². The first-order valence-corrected chi connectivity index (χ1v) is 7.46. The molecule has 0 saturated heterocycles. The summed E-state index contributed by atoms with van der Waals surface area (Å²) in [4.78, 5) is 0.338. The molecule has 0 heterocycles. The van der Waals surface area contributed by atoms with Crippen LogP contribution in [0, 0.1) is 0 Å². The lowest BCUT2D eigenvalue weighted by Crippen LogP contribution is -2.26. The molecule has 1 aromatic rings. The van der Waals surface area contributed by atoms with Crippen molar-refractivity contribution in [2.75, 3.05) is 12.9 Å². The minimum absolute atomic E-state index is 0.168.